The van der Waals surface area contributed by atoms with Gasteiger partial charge in [0, 0.05) is 6.54 Å². The number of aromatic amines is 1. The molecular formula is C18H22N5O5P. The van der Waals surface area contributed by atoms with Crippen molar-refractivity contribution in [1.82, 2.24) is 15.3 Å². The number of carbonyl (C=O) groups is 1. The van der Waals surface area contributed by atoms with Crippen LogP contribution in [0.25, 0.3) is 6.58 Å². The second kappa shape index (κ2) is 7.90. The van der Waals surface area contributed by atoms with Crippen molar-refractivity contribution < 1.29 is 19.1 Å². The third kappa shape index (κ3) is 4.79. The summed E-state index contributed by atoms with van der Waals surface area (Å²) in [5.74, 6) is -0.139. The molecule has 1 aromatic heterocycles. The monoisotopic (exact) mass is 419 g/mol. The molecule has 4 N–H and O–H groups in total. The summed E-state index contributed by atoms with van der Waals surface area (Å²) < 4.78 is 10.9. The Morgan fingerprint density at radius 2 is 2.00 bits per heavy atom. The SMILES string of the molecule is C=c1nc2c(c(=O)[nH]1)=Nc1cc(C)c(C)cc1N2CC(=O)NCCCP(=O)(O)O. The highest BCUT2D eigenvalue weighted by Gasteiger charge is 2.25. The number of carbonyl (C=O) groups excluding carboxylic acids is 1. The number of hydrogen-bond acceptors (Lipinski definition) is 6. The average molecular weight is 419 g/mol. The molecule has 0 atom stereocenters. The largest absolute Gasteiger partial charge is 0.355 e. The van der Waals surface area contributed by atoms with Crippen LogP contribution in [0.5, 0.6) is 0 Å². The number of aryl methyl sites for hydroxylation is 2. The summed E-state index contributed by atoms with van der Waals surface area (Å²) in [6, 6.07) is 3.72. The highest BCUT2D eigenvalue weighted by molar-refractivity contribution is 7.51. The lowest BCUT2D eigenvalue weighted by Crippen LogP contribution is -2.45. The normalized spacial score (nSPS) is 12.8. The lowest BCUT2D eigenvalue weighted by molar-refractivity contribution is -0.119. The van der Waals surface area contributed by atoms with Gasteiger partial charge in [-0.1, -0.05) is 6.58 Å². The molecule has 0 unspecified atom stereocenters. The Bertz CT molecular complexity index is 1190. The van der Waals surface area contributed by atoms with Crippen LogP contribution in [-0.2, 0) is 9.36 Å². The van der Waals surface area contributed by atoms with Crippen LogP contribution in [0.2, 0.25) is 0 Å². The number of nitrogens with zero attached hydrogens (tertiary/aromatic N) is 3. The molecule has 0 aliphatic carbocycles. The number of anilines is 2. The first-order chi connectivity index (χ1) is 13.5. The van der Waals surface area contributed by atoms with Crippen molar-refractivity contribution >= 4 is 37.3 Å². The van der Waals surface area contributed by atoms with Crippen molar-refractivity contribution in [2.45, 2.75) is 20.3 Å². The van der Waals surface area contributed by atoms with Crippen molar-refractivity contribution in [1.29, 1.82) is 0 Å². The topological polar surface area (TPSA) is 148 Å². The van der Waals surface area contributed by atoms with Crippen LogP contribution in [0.1, 0.15) is 17.5 Å². The summed E-state index contributed by atoms with van der Waals surface area (Å²) in [4.78, 5) is 55.4. The second-order valence-electron chi connectivity index (χ2n) is 6.90. The van der Waals surface area contributed by atoms with E-state index in [2.05, 4.69) is 26.9 Å². The number of aromatic nitrogens is 2. The van der Waals surface area contributed by atoms with E-state index >= 15 is 0 Å². The fourth-order valence-electron chi connectivity index (χ4n) is 2.99. The van der Waals surface area contributed by atoms with Gasteiger partial charge in [0.15, 0.2) is 11.2 Å². The standard InChI is InChI=1S/C18H22N5O5P/c1-10-7-13-14(8-11(10)2)23(9-15(24)19-5-4-6-29(26,27)28)17-16(22-13)18(25)21-12(3)20-17/h7-8H,3-6,9H2,1-2H3,(H,19,24)(H,21,25)(H2,26,27,28). The first-order valence-electron chi connectivity index (χ1n) is 8.93. The van der Waals surface area contributed by atoms with Gasteiger partial charge in [0.1, 0.15) is 12.0 Å². The molecule has 1 aliphatic rings. The van der Waals surface area contributed by atoms with Crippen LogP contribution in [0.3, 0.4) is 0 Å². The molecule has 2 heterocycles. The summed E-state index contributed by atoms with van der Waals surface area (Å²) in [6.07, 6.45) is -0.153. The summed E-state index contributed by atoms with van der Waals surface area (Å²) in [6.45, 7) is 7.52. The van der Waals surface area contributed by atoms with E-state index in [1.165, 1.54) is 0 Å². The molecule has 1 aromatic carbocycles. The van der Waals surface area contributed by atoms with Gasteiger partial charge < -0.3 is 25.0 Å². The van der Waals surface area contributed by atoms with Gasteiger partial charge in [-0.05, 0) is 43.5 Å². The number of H-pyrrole nitrogens is 1. The zero-order valence-corrected chi connectivity index (χ0v) is 17.0. The maximum atomic E-state index is 12.5. The van der Waals surface area contributed by atoms with E-state index in [-0.39, 0.29) is 48.2 Å². The van der Waals surface area contributed by atoms with E-state index in [0.717, 1.165) is 11.1 Å². The molecule has 0 bridgehead atoms. The Labute approximate surface area is 166 Å². The molecule has 3 rings (SSSR count). The Morgan fingerprint density at radius 3 is 2.69 bits per heavy atom. The van der Waals surface area contributed by atoms with Gasteiger partial charge in [-0.3, -0.25) is 14.2 Å². The van der Waals surface area contributed by atoms with Crippen LogP contribution < -0.4 is 26.6 Å². The molecule has 1 aliphatic heterocycles. The Balaban J connectivity index is 1.92. The predicted molar refractivity (Wildman–Crippen MR) is 108 cm³/mol. The molecule has 0 fully saturated rings. The van der Waals surface area contributed by atoms with Crippen molar-refractivity contribution in [2.24, 2.45) is 4.99 Å². The van der Waals surface area contributed by atoms with Crippen molar-refractivity contribution in [3.05, 3.63) is 44.5 Å². The van der Waals surface area contributed by atoms with Gasteiger partial charge in [-0.15, -0.1) is 0 Å². The molecule has 29 heavy (non-hydrogen) atoms. The van der Waals surface area contributed by atoms with E-state index in [4.69, 9.17) is 9.79 Å². The van der Waals surface area contributed by atoms with E-state index in [1.54, 1.807) is 4.90 Å². The smallest absolute Gasteiger partial charge is 0.325 e. The molecule has 0 saturated heterocycles. The minimum atomic E-state index is -4.10. The van der Waals surface area contributed by atoms with E-state index in [9.17, 15) is 14.2 Å². The van der Waals surface area contributed by atoms with Gasteiger partial charge in [0.2, 0.25) is 5.91 Å². The summed E-state index contributed by atoms with van der Waals surface area (Å²) >= 11 is 0. The van der Waals surface area contributed by atoms with Crippen molar-refractivity contribution in [3.8, 4) is 0 Å². The Kier molecular flexibility index (Phi) is 5.70. The molecule has 10 nitrogen and oxygen atoms in total. The number of amides is 1. The molecule has 11 heteroatoms. The van der Waals surface area contributed by atoms with Gasteiger partial charge in [-0.25, -0.2) is 9.98 Å². The number of nitrogens with one attached hydrogen (secondary N) is 2. The average Bonchev–Trinajstić information content (AvgIpc) is 2.60. The van der Waals surface area contributed by atoms with Crippen LogP contribution in [0, 0.1) is 13.8 Å². The third-order valence-corrected chi connectivity index (χ3v) is 5.44. The van der Waals surface area contributed by atoms with Crippen molar-refractivity contribution in [2.75, 3.05) is 24.2 Å². The first-order valence-corrected chi connectivity index (χ1v) is 10.7. The number of rotatable bonds is 6. The molecule has 0 saturated carbocycles. The molecular weight excluding hydrogens is 397 g/mol. The van der Waals surface area contributed by atoms with Gasteiger partial charge in [0.25, 0.3) is 5.56 Å². The maximum absolute atomic E-state index is 12.5. The van der Waals surface area contributed by atoms with Gasteiger partial charge in [0.05, 0.1) is 17.5 Å². The highest BCUT2D eigenvalue weighted by Crippen LogP contribution is 2.36. The molecule has 2 aromatic rings. The highest BCUT2D eigenvalue weighted by atomic mass is 31.2. The fourth-order valence-corrected chi connectivity index (χ4v) is 3.56. The summed E-state index contributed by atoms with van der Waals surface area (Å²) in [7, 11) is -4.10. The first kappa shape index (κ1) is 20.9. The second-order valence-corrected chi connectivity index (χ2v) is 8.68. The van der Waals surface area contributed by atoms with Crippen LogP contribution >= 0.6 is 7.60 Å². The Morgan fingerprint density at radius 1 is 1.31 bits per heavy atom. The summed E-state index contributed by atoms with van der Waals surface area (Å²) in [5.41, 5.74) is 2.90. The van der Waals surface area contributed by atoms with Crippen LogP contribution in [0.15, 0.2) is 21.9 Å². The molecule has 0 radical (unpaired) electrons. The van der Waals surface area contributed by atoms with Crippen molar-refractivity contribution in [3.63, 3.8) is 0 Å². The maximum Gasteiger partial charge on any atom is 0.325 e. The van der Waals surface area contributed by atoms with E-state index < -0.39 is 13.2 Å². The van der Waals surface area contributed by atoms with E-state index in [1.807, 2.05) is 26.0 Å². The fraction of sp³-hybridized carbons (Fsp3) is 0.333. The third-order valence-electron chi connectivity index (χ3n) is 4.55. The molecule has 0 spiro atoms. The van der Waals surface area contributed by atoms with Gasteiger partial charge in [-0.2, -0.15) is 0 Å². The number of fused-ring (bicyclic) bond motifs is 2. The summed E-state index contributed by atoms with van der Waals surface area (Å²) in [5, 5.41) is 2.73. The predicted octanol–water partition coefficient (Wildman–Crippen LogP) is -0.116. The quantitative estimate of drug-likeness (QED) is 0.377. The van der Waals surface area contributed by atoms with Gasteiger partial charge >= 0.3 is 7.60 Å². The molecule has 1 amide bonds. The minimum Gasteiger partial charge on any atom is -0.355 e. The zero-order chi connectivity index (χ0) is 21.3. The van der Waals surface area contributed by atoms with Crippen LogP contribution in [0.4, 0.5) is 17.2 Å². The van der Waals surface area contributed by atoms with E-state index in [0.29, 0.717) is 11.4 Å². The molecule has 154 valence electrons. The zero-order valence-electron chi connectivity index (χ0n) is 16.1. The number of hydrogen-bond donors (Lipinski definition) is 4. The Hall–Kier alpha value is -2.81. The number of benzene rings is 1. The lowest BCUT2D eigenvalue weighted by Gasteiger charge is -2.28. The lowest BCUT2D eigenvalue weighted by atomic mass is 10.1. The minimum absolute atomic E-state index is 0.0995. The van der Waals surface area contributed by atoms with Crippen LogP contribution in [-0.4, -0.2) is 44.9 Å².